The molecular formula is C21H32N2O4. The molecule has 6 nitrogen and oxygen atoms in total. The van der Waals surface area contributed by atoms with E-state index in [9.17, 15) is 19.5 Å². The van der Waals surface area contributed by atoms with E-state index in [1.54, 1.807) is 0 Å². The molecule has 2 bridgehead atoms. The van der Waals surface area contributed by atoms with Gasteiger partial charge in [0.1, 0.15) is 0 Å². The maximum absolute atomic E-state index is 12.7. The van der Waals surface area contributed by atoms with E-state index < -0.39 is 17.8 Å². The van der Waals surface area contributed by atoms with Gasteiger partial charge >= 0.3 is 5.97 Å². The lowest BCUT2D eigenvalue weighted by molar-refractivity contribution is -0.149. The molecule has 4 atom stereocenters. The smallest absolute Gasteiger partial charge is 0.307 e. The maximum atomic E-state index is 12.7. The van der Waals surface area contributed by atoms with Crippen molar-refractivity contribution in [3.8, 4) is 0 Å². The molecule has 2 amide bonds. The molecule has 0 aromatic carbocycles. The van der Waals surface area contributed by atoms with Crippen LogP contribution in [0.25, 0.3) is 0 Å². The summed E-state index contributed by atoms with van der Waals surface area (Å²) < 4.78 is 0. The Morgan fingerprint density at radius 3 is 2.15 bits per heavy atom. The van der Waals surface area contributed by atoms with Crippen molar-refractivity contribution in [2.45, 2.75) is 71.6 Å². The summed E-state index contributed by atoms with van der Waals surface area (Å²) in [6.07, 6.45) is 9.11. The summed E-state index contributed by atoms with van der Waals surface area (Å²) in [5.74, 6) is -2.19. The Morgan fingerprint density at radius 2 is 1.56 bits per heavy atom. The highest BCUT2D eigenvalue weighted by atomic mass is 16.4. The minimum absolute atomic E-state index is 0.0137. The van der Waals surface area contributed by atoms with Gasteiger partial charge in [-0.15, -0.1) is 0 Å². The molecule has 0 heterocycles. The monoisotopic (exact) mass is 376 g/mol. The first-order chi connectivity index (χ1) is 12.9. The van der Waals surface area contributed by atoms with Crippen LogP contribution in [0.3, 0.4) is 0 Å². The van der Waals surface area contributed by atoms with E-state index in [2.05, 4.69) is 10.9 Å². The van der Waals surface area contributed by atoms with Crippen molar-refractivity contribution in [3.63, 3.8) is 0 Å². The summed E-state index contributed by atoms with van der Waals surface area (Å²) in [6, 6.07) is 0. The van der Waals surface area contributed by atoms with E-state index in [4.69, 9.17) is 0 Å². The Bertz CT molecular complexity index is 632. The summed E-state index contributed by atoms with van der Waals surface area (Å²) in [5.41, 5.74) is 7.30. The topological polar surface area (TPSA) is 95.5 Å². The van der Waals surface area contributed by atoms with Gasteiger partial charge in [0.25, 0.3) is 0 Å². The first-order valence-corrected chi connectivity index (χ1v) is 10.4. The number of allylic oxidation sites excluding steroid dienone is 2. The van der Waals surface area contributed by atoms with Crippen molar-refractivity contribution < 1.29 is 19.5 Å². The molecule has 3 N–H and O–H groups in total. The fourth-order valence-electron chi connectivity index (χ4n) is 5.69. The molecule has 6 heteroatoms. The van der Waals surface area contributed by atoms with E-state index >= 15 is 0 Å². The maximum Gasteiger partial charge on any atom is 0.307 e. The molecule has 0 spiro atoms. The number of carboxylic acids is 1. The van der Waals surface area contributed by atoms with Crippen LogP contribution in [0.5, 0.6) is 0 Å². The van der Waals surface area contributed by atoms with Gasteiger partial charge in [-0.05, 0) is 50.9 Å². The Morgan fingerprint density at radius 1 is 0.926 bits per heavy atom. The number of hydrazine groups is 1. The van der Waals surface area contributed by atoms with Crippen LogP contribution in [-0.2, 0) is 14.4 Å². The minimum atomic E-state index is -0.912. The lowest BCUT2D eigenvalue weighted by Gasteiger charge is -2.26. The van der Waals surface area contributed by atoms with Gasteiger partial charge in [0.2, 0.25) is 11.8 Å². The zero-order chi connectivity index (χ0) is 19.6. The fourth-order valence-corrected chi connectivity index (χ4v) is 5.69. The number of amides is 2. The zero-order valence-electron chi connectivity index (χ0n) is 16.4. The predicted molar refractivity (Wildman–Crippen MR) is 101 cm³/mol. The van der Waals surface area contributed by atoms with Gasteiger partial charge in [-0.2, -0.15) is 0 Å². The molecule has 3 aliphatic rings. The standard InChI is InChI=1S/C21H32N2O4/c1-12(2)17-14-9-10-15(17)19(21(26)27)18(14)20(25)23-22-16(24)11-8-13-6-4-3-5-7-13/h13-15,18-19H,3-11H2,1-2H3,(H,22,24)(H,23,25)(H,26,27). The van der Waals surface area contributed by atoms with E-state index in [1.165, 1.54) is 32.1 Å². The van der Waals surface area contributed by atoms with Crippen molar-refractivity contribution >= 4 is 17.8 Å². The molecule has 0 aliphatic heterocycles. The summed E-state index contributed by atoms with van der Waals surface area (Å²) in [5, 5.41) is 9.67. The molecule has 3 saturated carbocycles. The second kappa shape index (κ2) is 8.44. The molecule has 3 fully saturated rings. The Kier molecular flexibility index (Phi) is 6.22. The summed E-state index contributed by atoms with van der Waals surface area (Å²) in [4.78, 5) is 36.6. The number of hydrogen-bond acceptors (Lipinski definition) is 3. The van der Waals surface area contributed by atoms with Gasteiger partial charge in [-0.3, -0.25) is 25.2 Å². The first kappa shape index (κ1) is 19.9. The third-order valence-corrected chi connectivity index (χ3v) is 6.84. The number of nitrogens with one attached hydrogen (secondary N) is 2. The second-order valence-electron chi connectivity index (χ2n) is 8.72. The number of hydrogen-bond donors (Lipinski definition) is 3. The molecule has 27 heavy (non-hydrogen) atoms. The van der Waals surface area contributed by atoms with Crippen LogP contribution in [0.1, 0.15) is 71.6 Å². The third-order valence-electron chi connectivity index (χ3n) is 6.84. The lowest BCUT2D eigenvalue weighted by Crippen LogP contribution is -2.48. The number of fused-ring (bicyclic) bond motifs is 2. The fraction of sp³-hybridized carbons (Fsp3) is 0.762. The minimum Gasteiger partial charge on any atom is -0.481 e. The van der Waals surface area contributed by atoms with Gasteiger partial charge < -0.3 is 5.11 Å². The average Bonchev–Trinajstić information content (AvgIpc) is 3.21. The normalized spacial score (nSPS) is 30.2. The highest BCUT2D eigenvalue weighted by Crippen LogP contribution is 2.57. The molecule has 3 aliphatic carbocycles. The summed E-state index contributed by atoms with van der Waals surface area (Å²) in [7, 11) is 0. The molecule has 0 aromatic rings. The van der Waals surface area contributed by atoms with Gasteiger partial charge in [-0.1, -0.05) is 43.3 Å². The number of carbonyl (C=O) groups excluding carboxylic acids is 2. The Balaban J connectivity index is 1.54. The molecule has 0 radical (unpaired) electrons. The van der Waals surface area contributed by atoms with Crippen molar-refractivity contribution in [1.29, 1.82) is 0 Å². The van der Waals surface area contributed by atoms with Crippen LogP contribution in [-0.4, -0.2) is 22.9 Å². The van der Waals surface area contributed by atoms with Crippen molar-refractivity contribution in [2.75, 3.05) is 0 Å². The van der Waals surface area contributed by atoms with Crippen LogP contribution in [0.4, 0.5) is 0 Å². The summed E-state index contributed by atoms with van der Waals surface area (Å²) >= 11 is 0. The quantitative estimate of drug-likeness (QED) is 0.507. The predicted octanol–water partition coefficient (Wildman–Crippen LogP) is 3.19. The largest absolute Gasteiger partial charge is 0.481 e. The number of carboxylic acid groups (broad SMARTS) is 1. The summed E-state index contributed by atoms with van der Waals surface area (Å²) in [6.45, 7) is 3.99. The third kappa shape index (κ3) is 4.19. The molecular weight excluding hydrogens is 344 g/mol. The molecule has 0 aromatic heterocycles. The van der Waals surface area contributed by atoms with Crippen LogP contribution in [0.2, 0.25) is 0 Å². The molecule has 150 valence electrons. The van der Waals surface area contributed by atoms with E-state index in [1.807, 2.05) is 13.8 Å². The highest BCUT2D eigenvalue weighted by molar-refractivity contribution is 5.89. The Labute approximate surface area is 161 Å². The highest BCUT2D eigenvalue weighted by Gasteiger charge is 2.57. The SMILES string of the molecule is CC(C)=C1C2CCC1C(C(=O)NNC(=O)CCC1CCCCC1)C2C(=O)O. The Hall–Kier alpha value is -1.85. The van der Waals surface area contributed by atoms with Gasteiger partial charge in [0.15, 0.2) is 0 Å². The lowest BCUT2D eigenvalue weighted by atomic mass is 9.79. The number of carbonyl (C=O) groups is 3. The van der Waals surface area contributed by atoms with Gasteiger partial charge in [0.05, 0.1) is 11.8 Å². The van der Waals surface area contributed by atoms with Gasteiger partial charge in [-0.25, -0.2) is 0 Å². The molecule has 0 saturated heterocycles. The van der Waals surface area contributed by atoms with E-state index in [0.29, 0.717) is 12.3 Å². The van der Waals surface area contributed by atoms with E-state index in [-0.39, 0.29) is 23.7 Å². The van der Waals surface area contributed by atoms with Crippen molar-refractivity contribution in [3.05, 3.63) is 11.1 Å². The van der Waals surface area contributed by atoms with Crippen molar-refractivity contribution in [2.24, 2.45) is 29.6 Å². The number of aliphatic carboxylic acids is 1. The van der Waals surface area contributed by atoms with E-state index in [0.717, 1.165) is 30.4 Å². The zero-order valence-corrected chi connectivity index (χ0v) is 16.4. The van der Waals surface area contributed by atoms with Crippen LogP contribution >= 0.6 is 0 Å². The van der Waals surface area contributed by atoms with Crippen LogP contribution in [0.15, 0.2) is 11.1 Å². The second-order valence-corrected chi connectivity index (χ2v) is 8.72. The molecule has 3 rings (SSSR count). The molecule has 4 unspecified atom stereocenters. The number of rotatable bonds is 5. The first-order valence-electron chi connectivity index (χ1n) is 10.4. The average molecular weight is 376 g/mol. The van der Waals surface area contributed by atoms with Crippen LogP contribution < -0.4 is 10.9 Å². The van der Waals surface area contributed by atoms with Crippen LogP contribution in [0, 0.1) is 29.6 Å². The van der Waals surface area contributed by atoms with Crippen molar-refractivity contribution in [1.82, 2.24) is 10.9 Å². The van der Waals surface area contributed by atoms with Gasteiger partial charge in [0, 0.05) is 6.42 Å².